The predicted molar refractivity (Wildman–Crippen MR) is 107 cm³/mol. The highest BCUT2D eigenvalue weighted by Crippen LogP contribution is 2.39. The second-order valence-corrected chi connectivity index (χ2v) is 8.93. The molecule has 2 aliphatic rings. The Bertz CT molecular complexity index is 810. The molecule has 9 heteroatoms. The average molecular weight is 423 g/mol. The van der Waals surface area contributed by atoms with Gasteiger partial charge in [-0.3, -0.25) is 9.69 Å². The number of aromatic nitrogens is 1. The maximum absolute atomic E-state index is 13.3. The van der Waals surface area contributed by atoms with Crippen LogP contribution in [0.15, 0.2) is 18.3 Å². The number of hydrogen-bond acceptors (Lipinski definition) is 5. The zero-order valence-corrected chi connectivity index (χ0v) is 17.7. The molecule has 1 spiro atoms. The number of pyridine rings is 1. The lowest BCUT2D eigenvalue weighted by Gasteiger charge is -2.39. The van der Waals surface area contributed by atoms with Crippen LogP contribution in [0.1, 0.15) is 52.0 Å². The molecule has 1 aromatic rings. The molecule has 1 aliphatic carbocycles. The maximum atomic E-state index is 13.3. The molecule has 0 unspecified atom stereocenters. The standard InChI is InChI=1S/C20H27ClN4O4/c1-19(2,3)29-18(28)23-11-14-8-4-5-9-20(14)16(26)25(17(27)24-20)12-13-7-6-10-22-15(13)21/h6-7,10,14H,4-5,8-9,11-12H2,1-3H3,(H,23,28)(H,24,27)/t14-,20+/m0/s1. The van der Waals surface area contributed by atoms with Crippen molar-refractivity contribution in [1.29, 1.82) is 0 Å². The van der Waals surface area contributed by atoms with Crippen LogP contribution in [-0.2, 0) is 16.1 Å². The molecule has 1 saturated carbocycles. The summed E-state index contributed by atoms with van der Waals surface area (Å²) in [6.07, 6.45) is 4.04. The number of amides is 4. The van der Waals surface area contributed by atoms with Crippen LogP contribution in [0, 0.1) is 5.92 Å². The Balaban J connectivity index is 1.74. The Morgan fingerprint density at radius 3 is 2.86 bits per heavy atom. The number of halogens is 1. The van der Waals surface area contributed by atoms with Gasteiger partial charge in [-0.05, 0) is 39.7 Å². The molecule has 1 saturated heterocycles. The van der Waals surface area contributed by atoms with Gasteiger partial charge in [0.15, 0.2) is 0 Å². The third-order valence-corrected chi connectivity index (χ3v) is 5.67. The number of nitrogens with zero attached hydrogens (tertiary/aromatic N) is 2. The number of carbonyl (C=O) groups is 3. The lowest BCUT2D eigenvalue weighted by molar-refractivity contribution is -0.134. The highest BCUT2D eigenvalue weighted by Gasteiger charge is 2.56. The maximum Gasteiger partial charge on any atom is 0.407 e. The van der Waals surface area contributed by atoms with Crippen LogP contribution in [0.5, 0.6) is 0 Å². The Kier molecular flexibility index (Phi) is 6.03. The Hall–Kier alpha value is -2.35. The number of rotatable bonds is 4. The fourth-order valence-corrected chi connectivity index (χ4v) is 4.16. The number of urea groups is 1. The van der Waals surface area contributed by atoms with Gasteiger partial charge in [0, 0.05) is 24.2 Å². The Labute approximate surface area is 175 Å². The van der Waals surface area contributed by atoms with Crippen molar-refractivity contribution < 1.29 is 19.1 Å². The first-order chi connectivity index (χ1) is 13.6. The first-order valence-electron chi connectivity index (χ1n) is 9.83. The Morgan fingerprint density at radius 2 is 2.17 bits per heavy atom. The van der Waals surface area contributed by atoms with E-state index < -0.39 is 23.3 Å². The molecule has 3 rings (SSSR count). The van der Waals surface area contributed by atoms with Crippen molar-refractivity contribution in [1.82, 2.24) is 20.5 Å². The van der Waals surface area contributed by atoms with Crippen LogP contribution in [-0.4, -0.2) is 45.6 Å². The van der Waals surface area contributed by atoms with Crippen molar-refractivity contribution in [3.63, 3.8) is 0 Å². The molecule has 1 aliphatic heterocycles. The van der Waals surface area contributed by atoms with Gasteiger partial charge in [-0.25, -0.2) is 14.6 Å². The summed E-state index contributed by atoms with van der Waals surface area (Å²) in [6.45, 7) is 5.68. The summed E-state index contributed by atoms with van der Waals surface area (Å²) in [4.78, 5) is 43.2. The minimum atomic E-state index is -1.01. The SMILES string of the molecule is CC(C)(C)OC(=O)NC[C@@H]1CCCC[C@@]12NC(=O)N(Cc1cccnc1Cl)C2=O. The van der Waals surface area contributed by atoms with Crippen molar-refractivity contribution >= 4 is 29.6 Å². The van der Waals surface area contributed by atoms with Gasteiger partial charge in [-0.2, -0.15) is 0 Å². The highest BCUT2D eigenvalue weighted by molar-refractivity contribution is 6.30. The van der Waals surface area contributed by atoms with E-state index in [1.54, 1.807) is 39.1 Å². The van der Waals surface area contributed by atoms with Crippen LogP contribution >= 0.6 is 11.6 Å². The summed E-state index contributed by atoms with van der Waals surface area (Å²) in [5.74, 6) is -0.493. The molecule has 0 radical (unpaired) electrons. The van der Waals surface area contributed by atoms with E-state index in [4.69, 9.17) is 16.3 Å². The van der Waals surface area contributed by atoms with Crippen molar-refractivity contribution in [3.8, 4) is 0 Å². The van der Waals surface area contributed by atoms with Crippen LogP contribution in [0.3, 0.4) is 0 Å². The number of nitrogens with one attached hydrogen (secondary N) is 2. The molecule has 29 heavy (non-hydrogen) atoms. The molecule has 1 aromatic heterocycles. The summed E-state index contributed by atoms with van der Waals surface area (Å²) in [7, 11) is 0. The quantitative estimate of drug-likeness (QED) is 0.573. The predicted octanol–water partition coefficient (Wildman–Crippen LogP) is 3.24. The topological polar surface area (TPSA) is 101 Å². The lowest BCUT2D eigenvalue weighted by atomic mass is 9.72. The van der Waals surface area contributed by atoms with E-state index in [0.29, 0.717) is 12.0 Å². The van der Waals surface area contributed by atoms with E-state index in [-0.39, 0.29) is 30.1 Å². The molecule has 2 heterocycles. The van der Waals surface area contributed by atoms with Gasteiger partial charge in [0.25, 0.3) is 5.91 Å². The number of carbonyl (C=O) groups excluding carboxylic acids is 3. The number of alkyl carbamates (subject to hydrolysis) is 1. The van der Waals surface area contributed by atoms with Gasteiger partial charge in [-0.15, -0.1) is 0 Å². The fourth-order valence-electron chi connectivity index (χ4n) is 3.98. The van der Waals surface area contributed by atoms with Crippen LogP contribution < -0.4 is 10.6 Å². The zero-order chi connectivity index (χ0) is 21.2. The summed E-state index contributed by atoms with van der Waals surface area (Å²) in [5.41, 5.74) is -1.01. The second-order valence-electron chi connectivity index (χ2n) is 8.57. The van der Waals surface area contributed by atoms with Gasteiger partial charge in [0.2, 0.25) is 0 Å². The number of ether oxygens (including phenoxy) is 1. The minimum absolute atomic E-state index is 0.0608. The molecule has 2 fully saturated rings. The smallest absolute Gasteiger partial charge is 0.407 e. The van der Waals surface area contributed by atoms with Crippen LogP contribution in [0.25, 0.3) is 0 Å². The second kappa shape index (κ2) is 8.18. The van der Waals surface area contributed by atoms with Crippen LogP contribution in [0.4, 0.5) is 9.59 Å². The van der Waals surface area contributed by atoms with E-state index in [9.17, 15) is 14.4 Å². The van der Waals surface area contributed by atoms with Crippen LogP contribution in [0.2, 0.25) is 5.15 Å². The Morgan fingerprint density at radius 1 is 1.41 bits per heavy atom. The third kappa shape index (κ3) is 4.63. The largest absolute Gasteiger partial charge is 0.444 e. The summed E-state index contributed by atoms with van der Waals surface area (Å²) >= 11 is 6.10. The van der Waals surface area contributed by atoms with Gasteiger partial charge in [-0.1, -0.05) is 30.5 Å². The van der Waals surface area contributed by atoms with E-state index in [0.717, 1.165) is 19.3 Å². The molecule has 2 N–H and O–H groups in total. The van der Waals surface area contributed by atoms with Gasteiger partial charge in [0.1, 0.15) is 16.3 Å². The average Bonchev–Trinajstić information content (AvgIpc) is 2.86. The normalized spacial score (nSPS) is 24.6. The van der Waals surface area contributed by atoms with Crippen molar-refractivity contribution in [2.75, 3.05) is 6.54 Å². The van der Waals surface area contributed by atoms with Gasteiger partial charge < -0.3 is 15.4 Å². The number of hydrogen-bond donors (Lipinski definition) is 2. The molecular weight excluding hydrogens is 396 g/mol. The molecule has 0 aromatic carbocycles. The first-order valence-corrected chi connectivity index (χ1v) is 10.2. The lowest BCUT2D eigenvalue weighted by Crippen LogP contribution is -2.57. The van der Waals surface area contributed by atoms with E-state index in [1.165, 1.54) is 4.90 Å². The molecule has 8 nitrogen and oxygen atoms in total. The summed E-state index contributed by atoms with van der Waals surface area (Å²) in [5, 5.41) is 5.93. The fraction of sp³-hybridized carbons (Fsp3) is 0.600. The minimum Gasteiger partial charge on any atom is -0.444 e. The van der Waals surface area contributed by atoms with Gasteiger partial charge >= 0.3 is 12.1 Å². The van der Waals surface area contributed by atoms with E-state index in [1.807, 2.05) is 0 Å². The number of imide groups is 1. The van der Waals surface area contributed by atoms with Crippen molar-refractivity contribution in [3.05, 3.63) is 29.0 Å². The van der Waals surface area contributed by atoms with E-state index >= 15 is 0 Å². The molecule has 4 amide bonds. The third-order valence-electron chi connectivity index (χ3n) is 5.33. The van der Waals surface area contributed by atoms with Crippen molar-refractivity contribution in [2.45, 2.75) is 64.1 Å². The molecular formula is C20H27ClN4O4. The highest BCUT2D eigenvalue weighted by atomic mass is 35.5. The molecule has 2 atom stereocenters. The van der Waals surface area contributed by atoms with Crippen molar-refractivity contribution in [2.24, 2.45) is 5.92 Å². The van der Waals surface area contributed by atoms with Gasteiger partial charge in [0.05, 0.1) is 6.54 Å². The molecule has 158 valence electrons. The zero-order valence-electron chi connectivity index (χ0n) is 17.0. The monoisotopic (exact) mass is 422 g/mol. The van der Waals surface area contributed by atoms with E-state index in [2.05, 4.69) is 15.6 Å². The summed E-state index contributed by atoms with van der Waals surface area (Å²) in [6, 6.07) is 3.01. The first kappa shape index (κ1) is 21.4. The molecule has 0 bridgehead atoms. The summed E-state index contributed by atoms with van der Waals surface area (Å²) < 4.78 is 5.29.